The molecule has 0 bridgehead atoms. The lowest BCUT2D eigenvalue weighted by Crippen LogP contribution is -2.51. The average molecular weight is 419 g/mol. The van der Waals surface area contributed by atoms with Crippen molar-refractivity contribution in [2.24, 2.45) is 33.7 Å². The summed E-state index contributed by atoms with van der Waals surface area (Å²) in [5, 5.41) is 25.6. The van der Waals surface area contributed by atoms with Crippen molar-refractivity contribution in [3.8, 4) is 0 Å². The minimum absolute atomic E-state index is 0.106. The normalized spacial score (nSPS) is 41.3. The number of hydrogen-bond donors (Lipinski definition) is 3. The lowest BCUT2D eigenvalue weighted by molar-refractivity contribution is -0.138. The minimum atomic E-state index is -1.09. The number of carboxylic acids is 1. The molecule has 3 N–H and O–H groups in total. The quantitative estimate of drug-likeness (QED) is 0.595. The van der Waals surface area contributed by atoms with Crippen LogP contribution in [0.5, 0.6) is 0 Å². The number of aliphatic hydroxyl groups excluding tert-OH is 1. The summed E-state index contributed by atoms with van der Waals surface area (Å²) in [4.78, 5) is 27.2. The molecule has 0 aliphatic heterocycles. The number of nitrogens with zero attached hydrogens (tertiary/aromatic N) is 1. The number of carbonyl (C=O) groups is 2. The van der Waals surface area contributed by atoms with Crippen LogP contribution in [0.4, 0.5) is 0 Å². The molecule has 0 radical (unpaired) electrons. The first kappa shape index (κ1) is 21.3. The zero-order valence-electron chi connectivity index (χ0n) is 18.0. The fraction of sp³-hybridized carbons (Fsp3) is 0.783. The number of carbonyl (C=O) groups excluding carboxylic acids is 1. The third kappa shape index (κ3) is 3.66. The largest absolute Gasteiger partial charge is 0.480 e. The van der Waals surface area contributed by atoms with Crippen LogP contribution in [0.2, 0.25) is 0 Å². The van der Waals surface area contributed by atoms with Gasteiger partial charge in [0.05, 0.1) is 11.8 Å². The van der Waals surface area contributed by atoms with E-state index in [9.17, 15) is 14.7 Å². The Hall–Kier alpha value is -1.89. The highest BCUT2D eigenvalue weighted by Crippen LogP contribution is 2.65. The highest BCUT2D eigenvalue weighted by atomic mass is 16.6. The summed E-state index contributed by atoms with van der Waals surface area (Å²) < 4.78 is 0. The topological polar surface area (TPSA) is 108 Å². The first-order chi connectivity index (χ1) is 14.2. The molecule has 166 valence electrons. The van der Waals surface area contributed by atoms with E-state index in [-0.39, 0.29) is 23.5 Å². The molecule has 7 nitrogen and oxygen atoms in total. The molecule has 0 heterocycles. The Labute approximate surface area is 177 Å². The number of hydrogen-bond acceptors (Lipinski definition) is 5. The van der Waals surface area contributed by atoms with Gasteiger partial charge in [-0.25, -0.2) is 0 Å². The molecule has 7 heteroatoms. The van der Waals surface area contributed by atoms with Gasteiger partial charge in [-0.3, -0.25) is 9.59 Å². The second-order valence-corrected chi connectivity index (χ2v) is 10.2. The van der Waals surface area contributed by atoms with Crippen molar-refractivity contribution < 1.29 is 24.6 Å². The number of aliphatic carboxylic acids is 1. The van der Waals surface area contributed by atoms with Crippen LogP contribution in [0, 0.1) is 28.6 Å². The molecule has 3 fully saturated rings. The van der Waals surface area contributed by atoms with E-state index in [4.69, 9.17) is 9.94 Å². The summed E-state index contributed by atoms with van der Waals surface area (Å²) in [7, 11) is 0. The van der Waals surface area contributed by atoms with E-state index in [0.29, 0.717) is 17.8 Å². The fourth-order valence-electron chi connectivity index (χ4n) is 7.01. The van der Waals surface area contributed by atoms with Crippen molar-refractivity contribution in [3.63, 3.8) is 0 Å². The summed E-state index contributed by atoms with van der Waals surface area (Å²) in [5.74, 6) is 0.449. The summed E-state index contributed by atoms with van der Waals surface area (Å²) in [6.07, 6.45) is 10.6. The molecular weight excluding hydrogens is 384 g/mol. The van der Waals surface area contributed by atoms with E-state index < -0.39 is 18.4 Å². The smallest absolute Gasteiger partial charge is 0.322 e. The molecule has 0 spiro atoms. The molecule has 1 amide bonds. The monoisotopic (exact) mass is 418 g/mol. The fourth-order valence-corrected chi connectivity index (χ4v) is 7.01. The zero-order chi connectivity index (χ0) is 21.5. The Bertz CT molecular complexity index is 778. The van der Waals surface area contributed by atoms with Gasteiger partial charge in [0.25, 0.3) is 5.91 Å². The summed E-state index contributed by atoms with van der Waals surface area (Å²) >= 11 is 0. The van der Waals surface area contributed by atoms with Gasteiger partial charge in [-0.1, -0.05) is 24.6 Å². The molecule has 0 aromatic carbocycles. The molecule has 0 saturated heterocycles. The van der Waals surface area contributed by atoms with Gasteiger partial charge in [0.1, 0.15) is 6.54 Å². The number of oxime groups is 1. The van der Waals surface area contributed by atoms with Crippen molar-refractivity contribution in [2.45, 2.75) is 71.3 Å². The Kier molecular flexibility index (Phi) is 5.68. The zero-order valence-corrected chi connectivity index (χ0v) is 18.0. The van der Waals surface area contributed by atoms with E-state index in [1.807, 2.05) is 0 Å². The van der Waals surface area contributed by atoms with Crippen molar-refractivity contribution >= 4 is 17.6 Å². The van der Waals surface area contributed by atoms with E-state index >= 15 is 0 Å². The third-order valence-electron chi connectivity index (χ3n) is 8.74. The molecule has 0 aromatic rings. The Balaban J connectivity index is 1.41. The van der Waals surface area contributed by atoms with Gasteiger partial charge in [-0.05, 0) is 86.0 Å². The molecular formula is C23H34N2O5. The SMILES string of the molecule is C[C@]12CCC3[C@@H](CCC4=C/C(=N/OCC(=O)NCC(=O)O)CC[C@@]43C)[C@@H]1CC[C@H]2O. The number of allylic oxidation sites excluding steroid dienone is 2. The number of fused-ring (bicyclic) bond motifs is 5. The minimum Gasteiger partial charge on any atom is -0.480 e. The number of amides is 1. The lowest BCUT2D eigenvalue weighted by Gasteiger charge is -2.57. The number of carboxylic acid groups (broad SMARTS) is 1. The molecule has 4 aliphatic rings. The second kappa shape index (κ2) is 7.98. The summed E-state index contributed by atoms with van der Waals surface area (Å²) in [6.45, 7) is 4.04. The molecule has 3 saturated carbocycles. The first-order valence-corrected chi connectivity index (χ1v) is 11.3. The predicted octanol–water partition coefficient (Wildman–Crippen LogP) is 2.88. The Morgan fingerprint density at radius 2 is 1.97 bits per heavy atom. The van der Waals surface area contributed by atoms with Gasteiger partial charge in [0, 0.05) is 0 Å². The molecule has 0 aromatic heterocycles. The number of nitrogens with one attached hydrogen (secondary N) is 1. The van der Waals surface area contributed by atoms with Gasteiger partial charge in [0.15, 0.2) is 6.61 Å². The van der Waals surface area contributed by atoms with Gasteiger partial charge in [-0.15, -0.1) is 0 Å². The number of aliphatic hydroxyl groups is 1. The molecule has 1 unspecified atom stereocenters. The Morgan fingerprint density at radius 3 is 2.73 bits per heavy atom. The standard InChI is InChI=1S/C23H34N2O5/c1-22-9-7-15(25-30-13-20(27)24-12-21(28)29)11-14(22)3-4-16-17-5-6-19(26)23(17,2)10-8-18(16)22/h11,16-19,26H,3-10,12-13H2,1-2H3,(H,24,27)(H,28,29)/b25-15+/t16-,17-,18?,19+,22-,23-/m0/s1. The van der Waals surface area contributed by atoms with Crippen molar-refractivity contribution in [3.05, 3.63) is 11.6 Å². The van der Waals surface area contributed by atoms with Crippen LogP contribution in [0.1, 0.15) is 65.2 Å². The van der Waals surface area contributed by atoms with Crippen LogP contribution in [0.15, 0.2) is 16.8 Å². The van der Waals surface area contributed by atoms with Gasteiger partial charge < -0.3 is 20.4 Å². The maximum Gasteiger partial charge on any atom is 0.322 e. The number of rotatable bonds is 5. The molecule has 30 heavy (non-hydrogen) atoms. The van der Waals surface area contributed by atoms with Crippen LogP contribution < -0.4 is 5.32 Å². The summed E-state index contributed by atoms with van der Waals surface area (Å²) in [5.41, 5.74) is 2.61. The third-order valence-corrected chi connectivity index (χ3v) is 8.74. The van der Waals surface area contributed by atoms with Crippen LogP contribution in [-0.2, 0) is 14.4 Å². The highest BCUT2D eigenvalue weighted by Gasteiger charge is 2.58. The van der Waals surface area contributed by atoms with E-state index in [2.05, 4.69) is 30.4 Å². The van der Waals surface area contributed by atoms with Gasteiger partial charge in [0.2, 0.25) is 0 Å². The average Bonchev–Trinajstić information content (AvgIpc) is 3.01. The van der Waals surface area contributed by atoms with Gasteiger partial charge in [-0.2, -0.15) is 0 Å². The van der Waals surface area contributed by atoms with Crippen molar-refractivity contribution in [1.29, 1.82) is 0 Å². The molecule has 4 rings (SSSR count). The predicted molar refractivity (Wildman–Crippen MR) is 112 cm³/mol. The van der Waals surface area contributed by atoms with E-state index in [1.165, 1.54) is 24.8 Å². The molecule has 6 atom stereocenters. The van der Waals surface area contributed by atoms with Crippen LogP contribution in [0.3, 0.4) is 0 Å². The Morgan fingerprint density at radius 1 is 1.17 bits per heavy atom. The maximum atomic E-state index is 11.6. The molecule has 4 aliphatic carbocycles. The lowest BCUT2D eigenvalue weighted by atomic mass is 9.47. The van der Waals surface area contributed by atoms with Gasteiger partial charge >= 0.3 is 5.97 Å². The van der Waals surface area contributed by atoms with Crippen LogP contribution >= 0.6 is 0 Å². The van der Waals surface area contributed by atoms with Crippen LogP contribution in [0.25, 0.3) is 0 Å². The maximum absolute atomic E-state index is 11.6. The van der Waals surface area contributed by atoms with Crippen molar-refractivity contribution in [1.82, 2.24) is 5.32 Å². The van der Waals surface area contributed by atoms with Crippen molar-refractivity contribution in [2.75, 3.05) is 13.2 Å². The first-order valence-electron chi connectivity index (χ1n) is 11.3. The van der Waals surface area contributed by atoms with E-state index in [1.54, 1.807) is 0 Å². The van der Waals surface area contributed by atoms with Crippen LogP contribution in [-0.4, -0.2) is 47.1 Å². The highest BCUT2D eigenvalue weighted by molar-refractivity contribution is 5.96. The second-order valence-electron chi connectivity index (χ2n) is 10.2. The summed E-state index contributed by atoms with van der Waals surface area (Å²) in [6, 6.07) is 0. The van der Waals surface area contributed by atoms with E-state index in [0.717, 1.165) is 37.8 Å².